The predicted octanol–water partition coefficient (Wildman–Crippen LogP) is 3.14. The van der Waals surface area contributed by atoms with Gasteiger partial charge in [-0.2, -0.15) is 0 Å². The van der Waals surface area contributed by atoms with E-state index in [9.17, 15) is 9.90 Å². The standard InChI is InChI=1S/C22H32N2O3/c1-17-3-2-10-23(14-17)15-20-13-22(16-27-20)8-11-24(12-9-22)21(26)18-4-6-19(25)7-5-18/h4-7,17,20,25H,2-3,8-16H2,1H3/t17-,20-/m1/s1. The third kappa shape index (κ3) is 4.30. The van der Waals surface area contributed by atoms with E-state index >= 15 is 0 Å². The lowest BCUT2D eigenvalue weighted by molar-refractivity contribution is 0.0402. The average molecular weight is 373 g/mol. The van der Waals surface area contributed by atoms with Crippen LogP contribution in [0.3, 0.4) is 0 Å². The SMILES string of the molecule is C[C@@H]1CCCN(C[C@H]2CC3(CCN(C(=O)c4ccc(O)cc4)CC3)CO2)C1. The Balaban J connectivity index is 1.28. The first-order valence-electron chi connectivity index (χ1n) is 10.5. The van der Waals surface area contributed by atoms with Crippen molar-refractivity contribution in [3.8, 4) is 5.75 Å². The summed E-state index contributed by atoms with van der Waals surface area (Å²) in [5.74, 6) is 1.08. The van der Waals surface area contributed by atoms with Crippen LogP contribution >= 0.6 is 0 Å². The molecule has 1 aromatic rings. The number of likely N-dealkylation sites (tertiary alicyclic amines) is 2. The molecule has 1 aromatic carbocycles. The van der Waals surface area contributed by atoms with Crippen molar-refractivity contribution in [2.75, 3.05) is 39.3 Å². The van der Waals surface area contributed by atoms with Crippen LogP contribution in [0.25, 0.3) is 0 Å². The molecule has 27 heavy (non-hydrogen) atoms. The summed E-state index contributed by atoms with van der Waals surface area (Å²) < 4.78 is 6.20. The van der Waals surface area contributed by atoms with Gasteiger partial charge in [0.05, 0.1) is 12.7 Å². The highest BCUT2D eigenvalue weighted by atomic mass is 16.5. The molecular weight excluding hydrogens is 340 g/mol. The van der Waals surface area contributed by atoms with E-state index in [0.717, 1.165) is 51.4 Å². The lowest BCUT2D eigenvalue weighted by Gasteiger charge is -2.38. The molecule has 3 aliphatic rings. The van der Waals surface area contributed by atoms with Crippen LogP contribution in [0.4, 0.5) is 0 Å². The Labute approximate surface area is 162 Å². The molecule has 1 N–H and O–H groups in total. The maximum Gasteiger partial charge on any atom is 0.253 e. The lowest BCUT2D eigenvalue weighted by Crippen LogP contribution is -2.44. The van der Waals surface area contributed by atoms with Crippen LogP contribution in [0, 0.1) is 11.3 Å². The highest BCUT2D eigenvalue weighted by Crippen LogP contribution is 2.42. The third-order valence-electron chi connectivity index (χ3n) is 6.71. The number of phenolic OH excluding ortho intramolecular Hbond substituents is 1. The van der Waals surface area contributed by atoms with Crippen molar-refractivity contribution in [3.63, 3.8) is 0 Å². The van der Waals surface area contributed by atoms with E-state index in [1.54, 1.807) is 24.3 Å². The summed E-state index contributed by atoms with van der Waals surface area (Å²) in [5.41, 5.74) is 0.918. The predicted molar refractivity (Wildman–Crippen MR) is 105 cm³/mol. The van der Waals surface area contributed by atoms with Crippen LogP contribution in [-0.2, 0) is 4.74 Å². The molecule has 0 unspecified atom stereocenters. The van der Waals surface area contributed by atoms with Crippen LogP contribution in [-0.4, -0.2) is 66.2 Å². The zero-order valence-electron chi connectivity index (χ0n) is 16.4. The fourth-order valence-electron chi connectivity index (χ4n) is 5.07. The van der Waals surface area contributed by atoms with Gasteiger partial charge in [0, 0.05) is 31.7 Å². The molecule has 3 saturated heterocycles. The lowest BCUT2D eigenvalue weighted by atomic mass is 9.76. The molecule has 3 fully saturated rings. The fraction of sp³-hybridized carbons (Fsp3) is 0.682. The number of ether oxygens (including phenoxy) is 1. The minimum Gasteiger partial charge on any atom is -0.508 e. The molecular formula is C22H32N2O3. The summed E-state index contributed by atoms with van der Waals surface area (Å²) >= 11 is 0. The van der Waals surface area contributed by atoms with Gasteiger partial charge in [0.15, 0.2) is 0 Å². The number of hydrogen-bond donors (Lipinski definition) is 1. The van der Waals surface area contributed by atoms with E-state index in [0.29, 0.717) is 11.7 Å². The van der Waals surface area contributed by atoms with Crippen molar-refractivity contribution in [3.05, 3.63) is 29.8 Å². The van der Waals surface area contributed by atoms with Crippen molar-refractivity contribution in [2.24, 2.45) is 11.3 Å². The van der Waals surface area contributed by atoms with Gasteiger partial charge in [-0.3, -0.25) is 4.79 Å². The van der Waals surface area contributed by atoms with Crippen LogP contribution in [0.1, 0.15) is 49.4 Å². The molecule has 5 nitrogen and oxygen atoms in total. The number of carbonyl (C=O) groups is 1. The summed E-state index contributed by atoms with van der Waals surface area (Å²) in [5, 5.41) is 9.40. The zero-order valence-corrected chi connectivity index (χ0v) is 16.4. The number of amides is 1. The Morgan fingerprint density at radius 2 is 1.96 bits per heavy atom. The van der Waals surface area contributed by atoms with E-state index in [4.69, 9.17) is 4.74 Å². The summed E-state index contributed by atoms with van der Waals surface area (Å²) in [4.78, 5) is 17.2. The second-order valence-corrected chi connectivity index (χ2v) is 8.98. The van der Waals surface area contributed by atoms with E-state index in [1.807, 2.05) is 4.90 Å². The van der Waals surface area contributed by atoms with E-state index < -0.39 is 0 Å². The Kier molecular flexibility index (Phi) is 5.42. The highest BCUT2D eigenvalue weighted by molar-refractivity contribution is 5.94. The summed E-state index contributed by atoms with van der Waals surface area (Å²) in [7, 11) is 0. The van der Waals surface area contributed by atoms with Gasteiger partial charge >= 0.3 is 0 Å². The normalized spacial score (nSPS) is 28.6. The van der Waals surface area contributed by atoms with Gasteiger partial charge in [-0.1, -0.05) is 6.92 Å². The topological polar surface area (TPSA) is 53.0 Å². The Morgan fingerprint density at radius 3 is 2.67 bits per heavy atom. The monoisotopic (exact) mass is 372 g/mol. The van der Waals surface area contributed by atoms with Crippen LogP contribution in [0.5, 0.6) is 5.75 Å². The number of benzene rings is 1. The van der Waals surface area contributed by atoms with Gasteiger partial charge in [0.1, 0.15) is 5.75 Å². The highest BCUT2D eigenvalue weighted by Gasteiger charge is 2.43. The quantitative estimate of drug-likeness (QED) is 0.886. The van der Waals surface area contributed by atoms with Crippen molar-refractivity contribution in [1.29, 1.82) is 0 Å². The molecule has 148 valence electrons. The Hall–Kier alpha value is -1.59. The van der Waals surface area contributed by atoms with Gasteiger partial charge in [-0.25, -0.2) is 0 Å². The smallest absolute Gasteiger partial charge is 0.253 e. The van der Waals surface area contributed by atoms with Crippen LogP contribution < -0.4 is 0 Å². The van der Waals surface area contributed by atoms with E-state index in [1.165, 1.54) is 25.9 Å². The van der Waals surface area contributed by atoms with Gasteiger partial charge < -0.3 is 19.6 Å². The van der Waals surface area contributed by atoms with Crippen molar-refractivity contribution >= 4 is 5.91 Å². The number of rotatable bonds is 3. The number of hydrogen-bond acceptors (Lipinski definition) is 4. The molecule has 3 heterocycles. The third-order valence-corrected chi connectivity index (χ3v) is 6.71. The zero-order chi connectivity index (χ0) is 18.9. The molecule has 0 aromatic heterocycles. The molecule has 4 rings (SSSR count). The number of nitrogens with zero attached hydrogens (tertiary/aromatic N) is 2. The summed E-state index contributed by atoms with van der Waals surface area (Å²) in [6.45, 7) is 8.30. The van der Waals surface area contributed by atoms with Gasteiger partial charge in [0.2, 0.25) is 0 Å². The summed E-state index contributed by atoms with van der Waals surface area (Å²) in [6, 6.07) is 6.57. The number of phenols is 1. The molecule has 0 aliphatic carbocycles. The minimum absolute atomic E-state index is 0.0719. The van der Waals surface area contributed by atoms with E-state index in [2.05, 4.69) is 11.8 Å². The van der Waals surface area contributed by atoms with Crippen molar-refractivity contribution in [2.45, 2.75) is 45.1 Å². The number of carbonyl (C=O) groups excluding carboxylic acids is 1. The van der Waals surface area contributed by atoms with Crippen LogP contribution in [0.15, 0.2) is 24.3 Å². The van der Waals surface area contributed by atoms with Crippen molar-refractivity contribution < 1.29 is 14.6 Å². The van der Waals surface area contributed by atoms with Crippen LogP contribution in [0.2, 0.25) is 0 Å². The van der Waals surface area contributed by atoms with Gasteiger partial charge in [-0.15, -0.1) is 0 Å². The molecule has 2 atom stereocenters. The number of piperidine rings is 2. The van der Waals surface area contributed by atoms with E-state index in [-0.39, 0.29) is 17.1 Å². The second kappa shape index (κ2) is 7.80. The molecule has 3 aliphatic heterocycles. The van der Waals surface area contributed by atoms with Gasteiger partial charge in [0.25, 0.3) is 5.91 Å². The first-order valence-corrected chi connectivity index (χ1v) is 10.5. The second-order valence-electron chi connectivity index (χ2n) is 8.98. The first kappa shape index (κ1) is 18.8. The Morgan fingerprint density at radius 1 is 1.22 bits per heavy atom. The largest absolute Gasteiger partial charge is 0.508 e. The Bertz CT molecular complexity index is 652. The first-order chi connectivity index (χ1) is 13.0. The maximum absolute atomic E-state index is 12.7. The average Bonchev–Trinajstić information content (AvgIpc) is 3.04. The summed E-state index contributed by atoms with van der Waals surface area (Å²) in [6.07, 6.45) is 6.23. The molecule has 1 amide bonds. The molecule has 0 radical (unpaired) electrons. The maximum atomic E-state index is 12.7. The molecule has 0 bridgehead atoms. The molecule has 5 heteroatoms. The van der Waals surface area contributed by atoms with Crippen molar-refractivity contribution in [1.82, 2.24) is 9.80 Å². The minimum atomic E-state index is 0.0719. The fourth-order valence-corrected chi connectivity index (χ4v) is 5.07. The number of aromatic hydroxyl groups is 1. The molecule has 1 spiro atoms. The van der Waals surface area contributed by atoms with Gasteiger partial charge in [-0.05, 0) is 74.2 Å². The molecule has 0 saturated carbocycles.